The van der Waals surface area contributed by atoms with Crippen molar-refractivity contribution in [1.82, 2.24) is 18.9 Å². The van der Waals surface area contributed by atoms with Crippen LogP contribution in [0, 0.1) is 0 Å². The van der Waals surface area contributed by atoms with Crippen LogP contribution < -0.4 is 4.74 Å². The van der Waals surface area contributed by atoms with Gasteiger partial charge in [-0.15, -0.1) is 0 Å². The molecule has 6 nitrogen and oxygen atoms in total. The molecule has 5 aromatic carbocycles. The van der Waals surface area contributed by atoms with Crippen LogP contribution in [0.1, 0.15) is 0 Å². The highest BCUT2D eigenvalue weighted by Gasteiger charge is 2.24. The van der Waals surface area contributed by atoms with E-state index in [4.69, 9.17) is 14.1 Å². The molecule has 0 bridgehead atoms. The molecule has 0 amide bonds. The first-order chi connectivity index (χ1) is 23.8. The van der Waals surface area contributed by atoms with Crippen LogP contribution in [0.25, 0.3) is 88.1 Å². The van der Waals surface area contributed by atoms with Gasteiger partial charge >= 0.3 is 0 Å². The van der Waals surface area contributed by atoms with E-state index in [2.05, 4.69) is 105 Å². The van der Waals surface area contributed by atoms with Gasteiger partial charge in [0.15, 0.2) is 5.58 Å². The Morgan fingerprint density at radius 2 is 1.27 bits per heavy atom. The maximum atomic E-state index is 6.59. The lowest BCUT2D eigenvalue weighted by Crippen LogP contribution is -1.96. The highest BCUT2D eigenvalue weighted by molar-refractivity contribution is 6.27. The molecule has 0 saturated carbocycles. The Balaban J connectivity index is 1.08. The summed E-state index contributed by atoms with van der Waals surface area (Å²) in [6, 6.07) is 45.8. The van der Waals surface area contributed by atoms with Gasteiger partial charge in [-0.3, -0.25) is 9.55 Å². The molecule has 6 aromatic heterocycles. The van der Waals surface area contributed by atoms with Crippen LogP contribution in [0.4, 0.5) is 0 Å². The Morgan fingerprint density at radius 3 is 2.17 bits per heavy atom. The monoisotopic (exact) mass is 616 g/mol. The maximum Gasteiger partial charge on any atom is 0.161 e. The van der Waals surface area contributed by atoms with Gasteiger partial charge in [-0.1, -0.05) is 66.7 Å². The van der Waals surface area contributed by atoms with E-state index in [9.17, 15) is 0 Å². The SMILES string of the molecule is c1ccc(-n2c3ccccc3c3ccc(Oc4cccc(-c5nccc6oc7c8cccc9c%10ccccc%10n(c98)c7c56)c4)cc32)nc1. The summed E-state index contributed by atoms with van der Waals surface area (Å²) in [6.07, 6.45) is 3.65. The molecule has 0 saturated heterocycles. The Kier molecular flexibility index (Phi) is 5.02. The molecule has 0 aliphatic heterocycles. The number of hydrogen-bond donors (Lipinski definition) is 0. The highest BCUT2D eigenvalue weighted by atomic mass is 16.5. The van der Waals surface area contributed by atoms with Gasteiger partial charge in [-0.2, -0.15) is 0 Å². The fourth-order valence-corrected chi connectivity index (χ4v) is 7.67. The number of aromatic nitrogens is 4. The molecule has 48 heavy (non-hydrogen) atoms. The Bertz CT molecular complexity index is 3040. The van der Waals surface area contributed by atoms with Crippen LogP contribution in [0.5, 0.6) is 11.5 Å². The van der Waals surface area contributed by atoms with Crippen LogP contribution in [0.3, 0.4) is 0 Å². The molecule has 6 heteroatoms. The molecule has 0 atom stereocenters. The van der Waals surface area contributed by atoms with Crippen molar-refractivity contribution in [3.8, 4) is 28.6 Å². The summed E-state index contributed by atoms with van der Waals surface area (Å²) in [5, 5.41) is 6.88. The minimum atomic E-state index is 0.725. The van der Waals surface area contributed by atoms with Crippen molar-refractivity contribution in [3.05, 3.63) is 146 Å². The van der Waals surface area contributed by atoms with Crippen molar-refractivity contribution >= 4 is 71.1 Å². The van der Waals surface area contributed by atoms with Gasteiger partial charge in [-0.25, -0.2) is 4.98 Å². The van der Waals surface area contributed by atoms with Crippen molar-refractivity contribution in [3.63, 3.8) is 0 Å². The first kappa shape index (κ1) is 25.5. The summed E-state index contributed by atoms with van der Waals surface area (Å²) in [4.78, 5) is 9.61. The molecule has 0 N–H and O–H groups in total. The molecule has 0 unspecified atom stereocenters. The molecule has 6 heterocycles. The lowest BCUT2D eigenvalue weighted by molar-refractivity contribution is 0.483. The van der Waals surface area contributed by atoms with Gasteiger partial charge in [0.2, 0.25) is 0 Å². The summed E-state index contributed by atoms with van der Waals surface area (Å²) in [6.45, 7) is 0. The highest BCUT2D eigenvalue weighted by Crippen LogP contribution is 2.45. The van der Waals surface area contributed by atoms with Crippen molar-refractivity contribution in [1.29, 1.82) is 0 Å². The lowest BCUT2D eigenvalue weighted by Gasteiger charge is -2.10. The summed E-state index contributed by atoms with van der Waals surface area (Å²) >= 11 is 0. The topological polar surface area (TPSA) is 57.5 Å². The van der Waals surface area contributed by atoms with Crippen LogP contribution in [0.2, 0.25) is 0 Å². The number of nitrogens with zero attached hydrogens (tertiary/aromatic N) is 4. The first-order valence-electron chi connectivity index (χ1n) is 16.0. The number of rotatable bonds is 4. The number of fused-ring (bicyclic) bond motifs is 11. The Labute approximate surface area is 273 Å². The van der Waals surface area contributed by atoms with Crippen molar-refractivity contribution in [2.75, 3.05) is 0 Å². The molecule has 224 valence electrons. The van der Waals surface area contributed by atoms with Crippen molar-refractivity contribution < 1.29 is 9.15 Å². The van der Waals surface area contributed by atoms with E-state index in [1.807, 2.05) is 54.9 Å². The van der Waals surface area contributed by atoms with Crippen molar-refractivity contribution in [2.24, 2.45) is 0 Å². The molecule has 0 radical (unpaired) electrons. The predicted octanol–water partition coefficient (Wildman–Crippen LogP) is 10.9. The van der Waals surface area contributed by atoms with Crippen LogP contribution in [-0.2, 0) is 0 Å². The second-order valence-corrected chi connectivity index (χ2v) is 12.2. The molecule has 11 aromatic rings. The molecular formula is C42H24N4O2. The van der Waals surface area contributed by atoms with Gasteiger partial charge in [-0.05, 0) is 60.7 Å². The molecule has 0 spiro atoms. The van der Waals surface area contributed by atoms with Gasteiger partial charge in [0, 0.05) is 51.0 Å². The van der Waals surface area contributed by atoms with E-state index in [0.717, 1.165) is 78.0 Å². The van der Waals surface area contributed by atoms with E-state index in [-0.39, 0.29) is 0 Å². The number of furan rings is 1. The number of benzene rings is 5. The van der Waals surface area contributed by atoms with E-state index in [0.29, 0.717) is 0 Å². The predicted molar refractivity (Wildman–Crippen MR) is 193 cm³/mol. The number of para-hydroxylation sites is 3. The summed E-state index contributed by atoms with van der Waals surface area (Å²) in [5.74, 6) is 2.33. The van der Waals surface area contributed by atoms with Gasteiger partial charge in [0.1, 0.15) is 28.4 Å². The third-order valence-corrected chi connectivity index (χ3v) is 9.61. The van der Waals surface area contributed by atoms with E-state index < -0.39 is 0 Å². The maximum absolute atomic E-state index is 6.59. The number of ether oxygens (including phenoxy) is 1. The first-order valence-corrected chi connectivity index (χ1v) is 16.0. The van der Waals surface area contributed by atoms with Gasteiger partial charge in [0.05, 0.1) is 33.1 Å². The summed E-state index contributed by atoms with van der Waals surface area (Å²) < 4.78 is 17.7. The molecule has 0 aliphatic carbocycles. The summed E-state index contributed by atoms with van der Waals surface area (Å²) in [5.41, 5.74) is 9.02. The molecule has 11 rings (SSSR count). The fourth-order valence-electron chi connectivity index (χ4n) is 7.67. The van der Waals surface area contributed by atoms with Crippen LogP contribution in [0.15, 0.2) is 150 Å². The third-order valence-electron chi connectivity index (χ3n) is 9.61. The summed E-state index contributed by atoms with van der Waals surface area (Å²) in [7, 11) is 0. The van der Waals surface area contributed by atoms with E-state index in [1.54, 1.807) is 0 Å². The van der Waals surface area contributed by atoms with Crippen molar-refractivity contribution in [2.45, 2.75) is 0 Å². The third kappa shape index (κ3) is 3.40. The second kappa shape index (κ2) is 9.44. The molecular weight excluding hydrogens is 592 g/mol. The minimum absolute atomic E-state index is 0.725. The minimum Gasteiger partial charge on any atom is -0.457 e. The average molecular weight is 617 g/mol. The van der Waals surface area contributed by atoms with Crippen LogP contribution in [-0.4, -0.2) is 18.9 Å². The molecule has 0 aliphatic rings. The van der Waals surface area contributed by atoms with Gasteiger partial charge < -0.3 is 13.6 Å². The quantitative estimate of drug-likeness (QED) is 0.197. The zero-order chi connectivity index (χ0) is 31.3. The second-order valence-electron chi connectivity index (χ2n) is 12.2. The van der Waals surface area contributed by atoms with E-state index >= 15 is 0 Å². The number of hydrogen-bond acceptors (Lipinski definition) is 4. The average Bonchev–Trinajstić information content (AvgIpc) is 3.87. The molecule has 0 fully saturated rings. The Hall–Kier alpha value is -6.66. The smallest absolute Gasteiger partial charge is 0.161 e. The number of pyridine rings is 2. The zero-order valence-electron chi connectivity index (χ0n) is 25.5. The van der Waals surface area contributed by atoms with Gasteiger partial charge in [0.25, 0.3) is 0 Å². The standard InChI is InChI=1S/C42H24N4O2/c1-3-15-33-28(11-1)30-19-18-27(24-35(30)45(33)37-17-5-6-21-43-37)47-26-10-7-9-25(23-26)39-38-36(20-22-44-39)48-42-32-14-8-13-31-29-12-2-4-16-34(29)46(40(31)32)41(38)42/h1-24H. The normalized spacial score (nSPS) is 12.2. The van der Waals surface area contributed by atoms with E-state index in [1.165, 1.54) is 21.7 Å². The lowest BCUT2D eigenvalue weighted by atomic mass is 10.1. The Morgan fingerprint density at radius 1 is 0.521 bits per heavy atom. The van der Waals surface area contributed by atoms with Crippen LogP contribution >= 0.6 is 0 Å². The largest absolute Gasteiger partial charge is 0.457 e. The zero-order valence-corrected chi connectivity index (χ0v) is 25.5. The fraction of sp³-hybridized carbons (Fsp3) is 0.